The molecule has 1 aromatic carbocycles. The molecule has 1 aliphatic carbocycles. The van der Waals surface area contributed by atoms with Crippen LogP contribution in [0.5, 0.6) is 0 Å². The van der Waals surface area contributed by atoms with E-state index in [1.165, 1.54) is 50.3 Å². The van der Waals surface area contributed by atoms with Gasteiger partial charge in [0.25, 0.3) is 0 Å². The second-order valence-electron chi connectivity index (χ2n) is 7.09. The molecule has 0 aromatic heterocycles. The molecule has 1 nitrogen and oxygen atoms in total. The highest BCUT2D eigenvalue weighted by Crippen LogP contribution is 2.33. The molecule has 1 aliphatic rings. The molecule has 0 radical (unpaired) electrons. The third kappa shape index (κ3) is 7.07. The van der Waals surface area contributed by atoms with Crippen LogP contribution >= 0.6 is 0 Å². The number of benzene rings is 1. The lowest BCUT2D eigenvalue weighted by Crippen LogP contribution is -2.13. The molecular formula is C22H26F3N. The van der Waals surface area contributed by atoms with E-state index in [1.54, 1.807) is 18.2 Å². The van der Waals surface area contributed by atoms with Crippen LogP contribution in [0, 0.1) is 23.2 Å². The van der Waals surface area contributed by atoms with Crippen molar-refractivity contribution in [3.05, 3.63) is 59.7 Å². The maximum Gasteiger partial charge on any atom is 0.416 e. The van der Waals surface area contributed by atoms with Gasteiger partial charge in [-0.3, -0.25) is 0 Å². The van der Waals surface area contributed by atoms with Crippen molar-refractivity contribution < 1.29 is 13.2 Å². The van der Waals surface area contributed by atoms with Gasteiger partial charge in [0.2, 0.25) is 0 Å². The number of nitrogens with zero attached hydrogens (tertiary/aromatic N) is 1. The Morgan fingerprint density at radius 2 is 1.69 bits per heavy atom. The lowest BCUT2D eigenvalue weighted by atomic mass is 9.79. The summed E-state index contributed by atoms with van der Waals surface area (Å²) in [6.45, 7) is 0. The van der Waals surface area contributed by atoms with Gasteiger partial charge in [-0.15, -0.1) is 0 Å². The van der Waals surface area contributed by atoms with E-state index in [0.29, 0.717) is 5.92 Å². The van der Waals surface area contributed by atoms with E-state index >= 15 is 0 Å². The van der Waals surface area contributed by atoms with Gasteiger partial charge in [-0.25, -0.2) is 0 Å². The number of hydrogen-bond acceptors (Lipinski definition) is 1. The Balaban J connectivity index is 1.62. The molecule has 2 rings (SSSR count). The molecule has 0 amide bonds. The maximum absolute atomic E-state index is 12.5. The van der Waals surface area contributed by atoms with E-state index in [9.17, 15) is 13.2 Å². The van der Waals surface area contributed by atoms with Gasteiger partial charge in [-0.05, 0) is 68.1 Å². The molecular weight excluding hydrogens is 335 g/mol. The standard InChI is InChI=1S/C22H26F3N/c23-22(24,25)21-15-13-20(14-16-21)8-4-3-7-19-11-9-18(10-12-19)6-2-1-5-17-26/h1-2,5-6,13-16,18-19H,3-4,7-12H2/b5-1+,6-2+/t18-,19-. The molecule has 1 saturated carbocycles. The molecule has 0 unspecified atom stereocenters. The summed E-state index contributed by atoms with van der Waals surface area (Å²) in [4.78, 5) is 0. The molecule has 26 heavy (non-hydrogen) atoms. The molecule has 0 saturated heterocycles. The molecule has 0 heterocycles. The highest BCUT2D eigenvalue weighted by Gasteiger charge is 2.29. The van der Waals surface area contributed by atoms with Gasteiger partial charge in [-0.1, -0.05) is 43.2 Å². The topological polar surface area (TPSA) is 23.8 Å². The SMILES string of the molecule is N#C/C=C/C=C/[C@H]1CC[C@H](CCCCc2ccc(C(F)(F)F)cc2)CC1. The lowest BCUT2D eigenvalue weighted by Gasteiger charge is -2.26. The van der Waals surface area contributed by atoms with Crippen LogP contribution in [-0.4, -0.2) is 0 Å². The van der Waals surface area contributed by atoms with E-state index < -0.39 is 11.7 Å². The van der Waals surface area contributed by atoms with Crippen LogP contribution in [-0.2, 0) is 12.6 Å². The van der Waals surface area contributed by atoms with Crippen molar-refractivity contribution in [2.45, 2.75) is 57.5 Å². The Hall–Kier alpha value is -2.02. The number of halogens is 3. The van der Waals surface area contributed by atoms with Gasteiger partial charge in [-0.2, -0.15) is 18.4 Å². The number of aryl methyl sites for hydroxylation is 1. The zero-order valence-corrected chi connectivity index (χ0v) is 15.0. The van der Waals surface area contributed by atoms with Crippen molar-refractivity contribution in [1.29, 1.82) is 5.26 Å². The van der Waals surface area contributed by atoms with Crippen molar-refractivity contribution in [3.63, 3.8) is 0 Å². The van der Waals surface area contributed by atoms with Gasteiger partial charge >= 0.3 is 6.18 Å². The molecule has 0 spiro atoms. The van der Waals surface area contributed by atoms with Crippen molar-refractivity contribution in [3.8, 4) is 6.07 Å². The van der Waals surface area contributed by atoms with Gasteiger partial charge in [0, 0.05) is 6.08 Å². The number of nitriles is 1. The quantitative estimate of drug-likeness (QED) is 0.296. The minimum Gasteiger partial charge on any atom is -0.193 e. The number of alkyl halides is 3. The summed E-state index contributed by atoms with van der Waals surface area (Å²) in [7, 11) is 0. The number of allylic oxidation sites excluding steroid dienone is 4. The summed E-state index contributed by atoms with van der Waals surface area (Å²) < 4.78 is 37.6. The van der Waals surface area contributed by atoms with E-state index in [0.717, 1.165) is 30.7 Å². The van der Waals surface area contributed by atoms with E-state index in [1.807, 2.05) is 12.1 Å². The first-order chi connectivity index (χ1) is 12.5. The summed E-state index contributed by atoms with van der Waals surface area (Å²) in [5.41, 5.74) is 0.410. The second kappa shape index (κ2) is 10.2. The van der Waals surface area contributed by atoms with E-state index in [-0.39, 0.29) is 0 Å². The average molecular weight is 361 g/mol. The minimum atomic E-state index is -4.25. The smallest absolute Gasteiger partial charge is 0.193 e. The van der Waals surface area contributed by atoms with Crippen LogP contribution in [0.2, 0.25) is 0 Å². The fourth-order valence-corrected chi connectivity index (χ4v) is 3.61. The summed E-state index contributed by atoms with van der Waals surface area (Å²) in [6.07, 6.45) is 12.3. The first kappa shape index (κ1) is 20.3. The molecule has 140 valence electrons. The molecule has 1 aromatic rings. The molecule has 1 fully saturated rings. The fraction of sp³-hybridized carbons (Fsp3) is 0.500. The highest BCUT2D eigenvalue weighted by atomic mass is 19.4. The van der Waals surface area contributed by atoms with Crippen molar-refractivity contribution in [1.82, 2.24) is 0 Å². The predicted molar refractivity (Wildman–Crippen MR) is 98.3 cm³/mol. The maximum atomic E-state index is 12.5. The van der Waals surface area contributed by atoms with Crippen molar-refractivity contribution in [2.75, 3.05) is 0 Å². The summed E-state index contributed by atoms with van der Waals surface area (Å²) in [6, 6.07) is 7.53. The molecule has 4 heteroatoms. The first-order valence-electron chi connectivity index (χ1n) is 9.38. The van der Waals surface area contributed by atoms with E-state index in [2.05, 4.69) is 6.08 Å². The van der Waals surface area contributed by atoms with Crippen LogP contribution < -0.4 is 0 Å². The van der Waals surface area contributed by atoms with Crippen LogP contribution in [0.4, 0.5) is 13.2 Å². The van der Waals surface area contributed by atoms with Crippen LogP contribution in [0.15, 0.2) is 48.6 Å². The zero-order chi connectivity index (χ0) is 18.8. The van der Waals surface area contributed by atoms with Crippen LogP contribution in [0.25, 0.3) is 0 Å². The third-order valence-corrected chi connectivity index (χ3v) is 5.17. The van der Waals surface area contributed by atoms with Gasteiger partial charge < -0.3 is 0 Å². The fourth-order valence-electron chi connectivity index (χ4n) is 3.61. The Morgan fingerprint density at radius 1 is 1.00 bits per heavy atom. The van der Waals surface area contributed by atoms with Gasteiger partial charge in [0.05, 0.1) is 11.6 Å². The first-order valence-corrected chi connectivity index (χ1v) is 9.38. The Labute approximate surface area is 154 Å². The van der Waals surface area contributed by atoms with Crippen LogP contribution in [0.1, 0.15) is 56.1 Å². The average Bonchev–Trinajstić information content (AvgIpc) is 2.63. The normalized spacial score (nSPS) is 21.3. The Bertz CT molecular complexity index is 627. The van der Waals surface area contributed by atoms with Gasteiger partial charge in [0.1, 0.15) is 0 Å². The Kier molecular flexibility index (Phi) is 7.97. The second-order valence-corrected chi connectivity index (χ2v) is 7.09. The van der Waals surface area contributed by atoms with Crippen molar-refractivity contribution in [2.24, 2.45) is 11.8 Å². The Morgan fingerprint density at radius 3 is 2.31 bits per heavy atom. The number of hydrogen-bond donors (Lipinski definition) is 0. The molecule has 0 N–H and O–H groups in total. The summed E-state index contributed by atoms with van der Waals surface area (Å²) in [5, 5.41) is 8.44. The lowest BCUT2D eigenvalue weighted by molar-refractivity contribution is -0.137. The monoisotopic (exact) mass is 361 g/mol. The highest BCUT2D eigenvalue weighted by molar-refractivity contribution is 5.24. The minimum absolute atomic E-state index is 0.574. The van der Waals surface area contributed by atoms with E-state index in [4.69, 9.17) is 5.26 Å². The third-order valence-electron chi connectivity index (χ3n) is 5.17. The molecule has 0 atom stereocenters. The summed E-state index contributed by atoms with van der Waals surface area (Å²) >= 11 is 0. The molecule has 0 bridgehead atoms. The zero-order valence-electron chi connectivity index (χ0n) is 15.0. The number of rotatable bonds is 7. The molecule has 0 aliphatic heterocycles. The largest absolute Gasteiger partial charge is 0.416 e. The summed E-state index contributed by atoms with van der Waals surface area (Å²) in [5.74, 6) is 1.41. The van der Waals surface area contributed by atoms with Crippen molar-refractivity contribution >= 4 is 0 Å². The number of unbranched alkanes of at least 4 members (excludes halogenated alkanes) is 1. The predicted octanol–water partition coefficient (Wildman–Crippen LogP) is 6.86. The van der Waals surface area contributed by atoms with Crippen LogP contribution in [0.3, 0.4) is 0 Å². The van der Waals surface area contributed by atoms with Gasteiger partial charge in [0.15, 0.2) is 0 Å².